The van der Waals surface area contributed by atoms with Gasteiger partial charge in [-0.3, -0.25) is 14.5 Å². The average Bonchev–Trinajstić information content (AvgIpc) is 2.65. The van der Waals surface area contributed by atoms with Crippen LogP contribution in [0.2, 0.25) is 0 Å². The third-order valence-corrected chi connectivity index (χ3v) is 3.12. The second-order valence-corrected chi connectivity index (χ2v) is 4.87. The Hall–Kier alpha value is -1.95. The van der Waals surface area contributed by atoms with Gasteiger partial charge in [-0.15, -0.1) is 0 Å². The van der Waals surface area contributed by atoms with Gasteiger partial charge in [0.2, 0.25) is 11.8 Å². The molecule has 1 aliphatic heterocycles. The van der Waals surface area contributed by atoms with Crippen molar-refractivity contribution < 1.29 is 23.8 Å². The second kappa shape index (κ2) is 6.00. The van der Waals surface area contributed by atoms with Crippen LogP contribution in [0.15, 0.2) is 24.3 Å². The number of nitrogens with zero attached hydrogens (tertiary/aromatic N) is 1. The number of carbonyl (C=O) groups excluding carboxylic acids is 2. The van der Waals surface area contributed by atoms with Crippen LogP contribution in [0.3, 0.4) is 0 Å². The average molecular weight is 281 g/mol. The fraction of sp³-hybridized carbons (Fsp3) is 0.429. The molecule has 0 aliphatic carbocycles. The molecule has 20 heavy (non-hydrogen) atoms. The van der Waals surface area contributed by atoms with Gasteiger partial charge in [0.25, 0.3) is 0 Å². The van der Waals surface area contributed by atoms with Crippen molar-refractivity contribution in [3.05, 3.63) is 30.1 Å². The highest BCUT2D eigenvalue weighted by atomic mass is 19.1. The summed E-state index contributed by atoms with van der Waals surface area (Å²) in [4.78, 5) is 24.3. The fourth-order valence-electron chi connectivity index (χ4n) is 2.03. The minimum absolute atomic E-state index is 0.0723. The Labute approximate surface area is 116 Å². The molecule has 2 amide bonds. The van der Waals surface area contributed by atoms with Crippen molar-refractivity contribution in [2.45, 2.75) is 19.4 Å². The number of carbonyl (C=O) groups is 2. The molecular formula is C14H16FNO4. The van der Waals surface area contributed by atoms with Gasteiger partial charge in [0.05, 0.1) is 6.54 Å². The van der Waals surface area contributed by atoms with Crippen molar-refractivity contribution >= 4 is 11.8 Å². The van der Waals surface area contributed by atoms with Gasteiger partial charge in [0.1, 0.15) is 24.3 Å². The SMILES string of the molecule is C[C@@H]1CC(=O)N(C[C@H](O)COc2ccc(F)cc2)C1=O. The maximum Gasteiger partial charge on any atom is 0.232 e. The molecule has 0 spiro atoms. The van der Waals surface area contributed by atoms with Crippen LogP contribution in [0.1, 0.15) is 13.3 Å². The van der Waals surface area contributed by atoms with E-state index in [1.54, 1.807) is 6.92 Å². The lowest BCUT2D eigenvalue weighted by Gasteiger charge is -2.19. The molecule has 0 radical (unpaired) electrons. The standard InChI is InChI=1S/C14H16FNO4/c1-9-6-13(18)16(14(9)19)7-11(17)8-20-12-4-2-10(15)3-5-12/h2-5,9,11,17H,6-8H2,1H3/t9-,11+/m1/s1. The first-order valence-electron chi connectivity index (χ1n) is 6.38. The Kier molecular flexibility index (Phi) is 4.34. The quantitative estimate of drug-likeness (QED) is 0.816. The number of halogens is 1. The summed E-state index contributed by atoms with van der Waals surface area (Å²) in [6.07, 6.45) is -0.789. The van der Waals surface area contributed by atoms with Crippen LogP contribution in [0.25, 0.3) is 0 Å². The van der Waals surface area contributed by atoms with Gasteiger partial charge >= 0.3 is 0 Å². The number of aliphatic hydroxyl groups is 1. The van der Waals surface area contributed by atoms with Gasteiger partial charge < -0.3 is 9.84 Å². The molecule has 2 atom stereocenters. The van der Waals surface area contributed by atoms with Crippen LogP contribution < -0.4 is 4.74 Å². The molecule has 5 nitrogen and oxygen atoms in total. The van der Waals surface area contributed by atoms with E-state index in [9.17, 15) is 19.1 Å². The maximum atomic E-state index is 12.7. The number of β-amino-alcohol motifs (C(OH)–C–C–N with tert-alkyl or cyclic N) is 1. The third-order valence-electron chi connectivity index (χ3n) is 3.12. The number of ether oxygens (including phenoxy) is 1. The molecule has 6 heteroatoms. The summed E-state index contributed by atoms with van der Waals surface area (Å²) < 4.78 is 18.0. The highest BCUT2D eigenvalue weighted by Gasteiger charge is 2.36. The van der Waals surface area contributed by atoms with Gasteiger partial charge in [0, 0.05) is 12.3 Å². The number of aliphatic hydroxyl groups excluding tert-OH is 1. The normalized spacial score (nSPS) is 20.4. The molecule has 1 saturated heterocycles. The summed E-state index contributed by atoms with van der Waals surface area (Å²) in [5, 5.41) is 9.80. The van der Waals surface area contributed by atoms with Crippen LogP contribution in [0.4, 0.5) is 4.39 Å². The molecule has 0 unspecified atom stereocenters. The fourth-order valence-corrected chi connectivity index (χ4v) is 2.03. The molecule has 1 heterocycles. The minimum atomic E-state index is -0.974. The Morgan fingerprint density at radius 2 is 2.05 bits per heavy atom. The van der Waals surface area contributed by atoms with Gasteiger partial charge in [-0.2, -0.15) is 0 Å². The molecule has 0 bridgehead atoms. The highest BCUT2D eigenvalue weighted by molar-refractivity contribution is 6.03. The van der Waals surface area contributed by atoms with Crippen molar-refractivity contribution in [1.29, 1.82) is 0 Å². The van der Waals surface area contributed by atoms with E-state index in [0.717, 1.165) is 4.90 Å². The van der Waals surface area contributed by atoms with Crippen LogP contribution in [-0.4, -0.2) is 41.1 Å². The maximum absolute atomic E-state index is 12.7. The predicted octanol–water partition coefficient (Wildman–Crippen LogP) is 0.960. The summed E-state index contributed by atoms with van der Waals surface area (Å²) in [7, 11) is 0. The molecule has 108 valence electrons. The summed E-state index contributed by atoms with van der Waals surface area (Å²) >= 11 is 0. The zero-order valence-electron chi connectivity index (χ0n) is 11.1. The molecule has 0 saturated carbocycles. The zero-order valence-corrected chi connectivity index (χ0v) is 11.1. The lowest BCUT2D eigenvalue weighted by molar-refractivity contribution is -0.141. The molecule has 1 aromatic carbocycles. The summed E-state index contributed by atoms with van der Waals surface area (Å²) in [5.74, 6) is -0.829. The third kappa shape index (κ3) is 3.33. The van der Waals surface area contributed by atoms with Gasteiger partial charge in [-0.05, 0) is 24.3 Å². The van der Waals surface area contributed by atoms with E-state index >= 15 is 0 Å². The minimum Gasteiger partial charge on any atom is -0.491 e. The van der Waals surface area contributed by atoms with Crippen molar-refractivity contribution in [3.8, 4) is 5.75 Å². The van der Waals surface area contributed by atoms with Crippen LogP contribution >= 0.6 is 0 Å². The molecule has 2 rings (SSSR count). The molecule has 1 N–H and O–H groups in total. The molecule has 1 fully saturated rings. The Morgan fingerprint density at radius 1 is 1.40 bits per heavy atom. The van der Waals surface area contributed by atoms with E-state index in [0.29, 0.717) is 5.75 Å². The van der Waals surface area contributed by atoms with E-state index in [4.69, 9.17) is 4.74 Å². The van der Waals surface area contributed by atoms with Crippen molar-refractivity contribution in [1.82, 2.24) is 4.90 Å². The first kappa shape index (κ1) is 14.5. The van der Waals surface area contributed by atoms with Crippen molar-refractivity contribution in [2.24, 2.45) is 5.92 Å². The smallest absolute Gasteiger partial charge is 0.232 e. The van der Waals surface area contributed by atoms with Crippen LogP contribution in [0, 0.1) is 11.7 Å². The van der Waals surface area contributed by atoms with Crippen LogP contribution in [-0.2, 0) is 9.59 Å². The second-order valence-electron chi connectivity index (χ2n) is 4.87. The first-order valence-corrected chi connectivity index (χ1v) is 6.38. The molecular weight excluding hydrogens is 265 g/mol. The Morgan fingerprint density at radius 3 is 2.60 bits per heavy atom. The highest BCUT2D eigenvalue weighted by Crippen LogP contribution is 2.19. The number of imide groups is 1. The van der Waals surface area contributed by atoms with E-state index in [-0.39, 0.29) is 43.1 Å². The zero-order chi connectivity index (χ0) is 14.7. The van der Waals surface area contributed by atoms with E-state index in [1.165, 1.54) is 24.3 Å². The number of hydrogen-bond donors (Lipinski definition) is 1. The number of likely N-dealkylation sites (tertiary alicyclic amines) is 1. The predicted molar refractivity (Wildman–Crippen MR) is 68.4 cm³/mol. The molecule has 1 aromatic rings. The lowest BCUT2D eigenvalue weighted by atomic mass is 10.1. The van der Waals surface area contributed by atoms with E-state index in [2.05, 4.69) is 0 Å². The van der Waals surface area contributed by atoms with Crippen LogP contribution in [0.5, 0.6) is 5.75 Å². The first-order chi connectivity index (χ1) is 9.47. The van der Waals surface area contributed by atoms with Crippen molar-refractivity contribution in [2.75, 3.05) is 13.2 Å². The number of hydrogen-bond acceptors (Lipinski definition) is 4. The van der Waals surface area contributed by atoms with Gasteiger partial charge in [0.15, 0.2) is 0 Å². The van der Waals surface area contributed by atoms with Crippen molar-refractivity contribution in [3.63, 3.8) is 0 Å². The lowest BCUT2D eigenvalue weighted by Crippen LogP contribution is -2.39. The summed E-state index contributed by atoms with van der Waals surface area (Å²) in [5.41, 5.74) is 0. The number of benzene rings is 1. The van der Waals surface area contributed by atoms with Gasteiger partial charge in [-0.1, -0.05) is 6.92 Å². The number of amides is 2. The molecule has 1 aliphatic rings. The number of rotatable bonds is 5. The summed E-state index contributed by atoms with van der Waals surface area (Å²) in [6, 6.07) is 5.38. The van der Waals surface area contributed by atoms with Gasteiger partial charge in [-0.25, -0.2) is 4.39 Å². The Balaban J connectivity index is 1.83. The van der Waals surface area contributed by atoms with E-state index in [1.807, 2.05) is 0 Å². The monoisotopic (exact) mass is 281 g/mol. The van der Waals surface area contributed by atoms with E-state index < -0.39 is 6.10 Å². The molecule has 0 aromatic heterocycles. The Bertz CT molecular complexity index is 502. The summed E-state index contributed by atoms with van der Waals surface area (Å²) in [6.45, 7) is 1.53. The topological polar surface area (TPSA) is 66.8 Å². The largest absolute Gasteiger partial charge is 0.491 e.